The lowest BCUT2D eigenvalue weighted by Crippen LogP contribution is -2.15. The molecule has 0 spiro atoms. The summed E-state index contributed by atoms with van der Waals surface area (Å²) in [6.45, 7) is 0.0515. The molecule has 0 aliphatic carbocycles. The minimum atomic E-state index is -0.476. The molecule has 0 bridgehead atoms. The first kappa shape index (κ1) is 13.0. The quantitative estimate of drug-likeness (QED) is 0.559. The SMILES string of the molecule is NC(=O)CCOC(=O)CCc1ccc(N)cc1. The minimum Gasteiger partial charge on any atom is -0.465 e. The Morgan fingerprint density at radius 3 is 2.35 bits per heavy atom. The number of ether oxygens (including phenoxy) is 1. The van der Waals surface area contributed by atoms with Crippen LogP contribution >= 0.6 is 0 Å². The van der Waals surface area contributed by atoms with E-state index in [4.69, 9.17) is 16.2 Å². The summed E-state index contributed by atoms with van der Waals surface area (Å²) in [4.78, 5) is 21.7. The van der Waals surface area contributed by atoms with Crippen molar-refractivity contribution in [3.05, 3.63) is 29.8 Å². The zero-order valence-corrected chi connectivity index (χ0v) is 9.52. The molecule has 0 aromatic heterocycles. The lowest BCUT2D eigenvalue weighted by molar-refractivity contribution is -0.144. The first-order valence-corrected chi connectivity index (χ1v) is 5.36. The number of carbonyl (C=O) groups is 2. The first-order valence-electron chi connectivity index (χ1n) is 5.36. The van der Waals surface area contributed by atoms with Crippen molar-refractivity contribution in [3.63, 3.8) is 0 Å². The number of nitrogen functional groups attached to an aromatic ring is 1. The fourth-order valence-electron chi connectivity index (χ4n) is 1.27. The molecule has 0 fully saturated rings. The average Bonchev–Trinajstić information content (AvgIpc) is 2.28. The molecule has 17 heavy (non-hydrogen) atoms. The van der Waals surface area contributed by atoms with Gasteiger partial charge in [0.25, 0.3) is 0 Å². The summed E-state index contributed by atoms with van der Waals surface area (Å²) in [6, 6.07) is 7.31. The Morgan fingerprint density at radius 2 is 1.76 bits per heavy atom. The number of anilines is 1. The Hall–Kier alpha value is -2.04. The number of esters is 1. The highest BCUT2D eigenvalue weighted by atomic mass is 16.5. The van der Waals surface area contributed by atoms with E-state index in [2.05, 4.69) is 0 Å². The summed E-state index contributed by atoms with van der Waals surface area (Å²) in [5, 5.41) is 0. The van der Waals surface area contributed by atoms with E-state index in [1.54, 1.807) is 12.1 Å². The molecule has 0 aliphatic rings. The summed E-state index contributed by atoms with van der Waals surface area (Å²) >= 11 is 0. The van der Waals surface area contributed by atoms with Crippen LogP contribution < -0.4 is 11.5 Å². The molecule has 1 aromatic rings. The molecule has 0 saturated carbocycles. The van der Waals surface area contributed by atoms with E-state index >= 15 is 0 Å². The molecule has 0 unspecified atom stereocenters. The van der Waals surface area contributed by atoms with Crippen LogP contribution in [0, 0.1) is 0 Å². The van der Waals surface area contributed by atoms with Gasteiger partial charge in [-0.15, -0.1) is 0 Å². The second kappa shape index (κ2) is 6.52. The number of hydrogen-bond acceptors (Lipinski definition) is 4. The van der Waals surface area contributed by atoms with Crippen LogP contribution in [0.3, 0.4) is 0 Å². The normalized spacial score (nSPS) is 9.88. The minimum absolute atomic E-state index is 0.0515. The molecule has 1 aromatic carbocycles. The molecule has 0 atom stereocenters. The summed E-state index contributed by atoms with van der Waals surface area (Å²) in [6.07, 6.45) is 0.936. The Bertz CT molecular complexity index is 387. The van der Waals surface area contributed by atoms with E-state index in [9.17, 15) is 9.59 Å². The maximum atomic E-state index is 11.3. The summed E-state index contributed by atoms with van der Waals surface area (Å²) in [7, 11) is 0. The molecular weight excluding hydrogens is 220 g/mol. The number of hydrogen-bond donors (Lipinski definition) is 2. The fraction of sp³-hybridized carbons (Fsp3) is 0.333. The second-order valence-corrected chi connectivity index (χ2v) is 3.68. The van der Waals surface area contributed by atoms with Crippen LogP contribution in [-0.4, -0.2) is 18.5 Å². The molecule has 0 radical (unpaired) electrons. The van der Waals surface area contributed by atoms with Gasteiger partial charge in [0.2, 0.25) is 5.91 Å². The third-order valence-electron chi connectivity index (χ3n) is 2.21. The molecule has 5 heteroatoms. The topological polar surface area (TPSA) is 95.4 Å². The lowest BCUT2D eigenvalue weighted by Gasteiger charge is -2.03. The molecule has 4 N–H and O–H groups in total. The maximum absolute atomic E-state index is 11.3. The van der Waals surface area contributed by atoms with Crippen LogP contribution in [0.2, 0.25) is 0 Å². The number of primary amides is 1. The second-order valence-electron chi connectivity index (χ2n) is 3.68. The van der Waals surface area contributed by atoms with Crippen molar-refractivity contribution >= 4 is 17.6 Å². The van der Waals surface area contributed by atoms with Crippen LogP contribution in [0.1, 0.15) is 18.4 Å². The van der Waals surface area contributed by atoms with Crippen LogP contribution in [0.25, 0.3) is 0 Å². The van der Waals surface area contributed by atoms with E-state index in [0.29, 0.717) is 12.1 Å². The zero-order valence-electron chi connectivity index (χ0n) is 9.52. The van der Waals surface area contributed by atoms with Gasteiger partial charge >= 0.3 is 5.97 Å². The highest BCUT2D eigenvalue weighted by molar-refractivity contribution is 5.74. The molecule has 0 aliphatic heterocycles. The van der Waals surface area contributed by atoms with Crippen molar-refractivity contribution in [1.29, 1.82) is 0 Å². The summed E-state index contributed by atoms with van der Waals surface area (Å²) in [5.41, 5.74) is 12.2. The van der Waals surface area contributed by atoms with E-state index in [0.717, 1.165) is 5.56 Å². The van der Waals surface area contributed by atoms with Gasteiger partial charge < -0.3 is 16.2 Å². The Kier molecular flexibility index (Phi) is 5.00. The third kappa shape index (κ3) is 5.55. The predicted octanol–water partition coefficient (Wildman–Crippen LogP) is 0.620. The van der Waals surface area contributed by atoms with Gasteiger partial charge in [-0.3, -0.25) is 9.59 Å². The Labute approximate surface area is 99.7 Å². The molecule has 0 saturated heterocycles. The van der Waals surface area contributed by atoms with E-state index in [1.807, 2.05) is 12.1 Å². The molecule has 1 amide bonds. The van der Waals surface area contributed by atoms with Gasteiger partial charge in [-0.25, -0.2) is 0 Å². The van der Waals surface area contributed by atoms with Crippen molar-refractivity contribution in [2.45, 2.75) is 19.3 Å². The third-order valence-corrected chi connectivity index (χ3v) is 2.21. The van der Waals surface area contributed by atoms with Crippen molar-refractivity contribution < 1.29 is 14.3 Å². The van der Waals surface area contributed by atoms with Gasteiger partial charge in [0.15, 0.2) is 0 Å². The van der Waals surface area contributed by atoms with Gasteiger partial charge in [0.1, 0.15) is 6.61 Å². The van der Waals surface area contributed by atoms with Crippen LogP contribution in [0.5, 0.6) is 0 Å². The van der Waals surface area contributed by atoms with Crippen molar-refractivity contribution in [3.8, 4) is 0 Å². The number of benzene rings is 1. The van der Waals surface area contributed by atoms with Crippen LogP contribution in [-0.2, 0) is 20.7 Å². The first-order chi connectivity index (χ1) is 8.08. The standard InChI is InChI=1S/C12H16N2O3/c13-10-4-1-9(2-5-10)3-6-12(16)17-8-7-11(14)15/h1-2,4-5H,3,6-8,13H2,(H2,14,15). The number of rotatable bonds is 6. The fourth-order valence-corrected chi connectivity index (χ4v) is 1.27. The van der Waals surface area contributed by atoms with Crippen molar-refractivity contribution in [1.82, 2.24) is 0 Å². The summed E-state index contributed by atoms with van der Waals surface area (Å²) < 4.78 is 4.83. The van der Waals surface area contributed by atoms with E-state index in [-0.39, 0.29) is 25.4 Å². The van der Waals surface area contributed by atoms with Gasteiger partial charge in [0, 0.05) is 12.1 Å². The number of nitrogens with two attached hydrogens (primary N) is 2. The van der Waals surface area contributed by atoms with Gasteiger partial charge in [-0.2, -0.15) is 0 Å². The van der Waals surface area contributed by atoms with E-state index in [1.165, 1.54) is 0 Å². The molecule has 92 valence electrons. The van der Waals surface area contributed by atoms with Crippen molar-refractivity contribution in [2.24, 2.45) is 5.73 Å². The highest BCUT2D eigenvalue weighted by Crippen LogP contribution is 2.08. The number of aryl methyl sites for hydroxylation is 1. The zero-order chi connectivity index (χ0) is 12.7. The van der Waals surface area contributed by atoms with Gasteiger partial charge in [-0.1, -0.05) is 12.1 Å². The van der Waals surface area contributed by atoms with E-state index < -0.39 is 5.91 Å². The van der Waals surface area contributed by atoms with Gasteiger partial charge in [-0.05, 0) is 24.1 Å². The molecule has 5 nitrogen and oxygen atoms in total. The maximum Gasteiger partial charge on any atom is 0.306 e. The largest absolute Gasteiger partial charge is 0.465 e. The molecular formula is C12H16N2O3. The Balaban J connectivity index is 2.23. The molecule has 0 heterocycles. The Morgan fingerprint density at radius 1 is 1.12 bits per heavy atom. The lowest BCUT2D eigenvalue weighted by atomic mass is 10.1. The number of amides is 1. The average molecular weight is 236 g/mol. The van der Waals surface area contributed by atoms with Gasteiger partial charge in [0.05, 0.1) is 6.42 Å². The van der Waals surface area contributed by atoms with Crippen LogP contribution in [0.15, 0.2) is 24.3 Å². The smallest absolute Gasteiger partial charge is 0.306 e. The summed E-state index contributed by atoms with van der Waals surface area (Å²) in [5.74, 6) is -0.806. The monoisotopic (exact) mass is 236 g/mol. The van der Waals surface area contributed by atoms with Crippen LogP contribution in [0.4, 0.5) is 5.69 Å². The molecule has 1 rings (SSSR count). The number of carbonyl (C=O) groups excluding carboxylic acids is 2. The predicted molar refractivity (Wildman–Crippen MR) is 63.9 cm³/mol. The van der Waals surface area contributed by atoms with Crippen molar-refractivity contribution in [2.75, 3.05) is 12.3 Å². The highest BCUT2D eigenvalue weighted by Gasteiger charge is 2.04.